The molecule has 1 N–H and O–H groups in total. The first kappa shape index (κ1) is 15.7. The van der Waals surface area contributed by atoms with Gasteiger partial charge in [-0.15, -0.1) is 5.10 Å². The molecule has 2 heterocycles. The summed E-state index contributed by atoms with van der Waals surface area (Å²) >= 11 is 0. The van der Waals surface area contributed by atoms with Gasteiger partial charge in [-0.25, -0.2) is 4.68 Å². The van der Waals surface area contributed by atoms with Crippen molar-refractivity contribution in [2.75, 3.05) is 13.1 Å². The van der Waals surface area contributed by atoms with Gasteiger partial charge in [-0.05, 0) is 38.3 Å². The molecule has 1 aromatic heterocycles. The van der Waals surface area contributed by atoms with Gasteiger partial charge >= 0.3 is 0 Å². The minimum absolute atomic E-state index is 0.160. The molecule has 1 amide bonds. The number of carbonyl (C=O) groups is 1. The number of hydrogen-bond donors (Lipinski definition) is 1. The van der Waals surface area contributed by atoms with Crippen molar-refractivity contribution in [2.24, 2.45) is 5.92 Å². The molecule has 2 aromatic rings. The molecule has 0 radical (unpaired) electrons. The van der Waals surface area contributed by atoms with Gasteiger partial charge in [0.05, 0.1) is 17.5 Å². The van der Waals surface area contributed by atoms with Crippen LogP contribution in [0.1, 0.15) is 35.1 Å². The fourth-order valence-corrected chi connectivity index (χ4v) is 2.84. The third-order valence-electron chi connectivity index (χ3n) is 4.58. The summed E-state index contributed by atoms with van der Waals surface area (Å²) in [6, 6.07) is 7.91. The lowest BCUT2D eigenvalue weighted by molar-refractivity contribution is 0.0244. The lowest BCUT2D eigenvalue weighted by Gasteiger charge is -2.33. The molecule has 122 valence electrons. The van der Waals surface area contributed by atoms with Crippen molar-refractivity contribution < 1.29 is 9.90 Å². The number of aliphatic hydroxyl groups is 1. The first-order valence-electron chi connectivity index (χ1n) is 7.94. The second kappa shape index (κ2) is 6.12. The van der Waals surface area contributed by atoms with E-state index in [9.17, 15) is 9.90 Å². The zero-order chi connectivity index (χ0) is 16.6. The average Bonchev–Trinajstić information content (AvgIpc) is 2.92. The maximum Gasteiger partial charge on any atom is 0.276 e. The van der Waals surface area contributed by atoms with E-state index in [1.54, 1.807) is 9.58 Å². The van der Waals surface area contributed by atoms with Gasteiger partial charge in [-0.2, -0.15) is 0 Å². The zero-order valence-electron chi connectivity index (χ0n) is 13.7. The number of aromatic nitrogens is 3. The smallest absolute Gasteiger partial charge is 0.276 e. The van der Waals surface area contributed by atoms with Crippen molar-refractivity contribution in [1.82, 2.24) is 19.9 Å². The van der Waals surface area contributed by atoms with Gasteiger partial charge in [0.1, 0.15) is 0 Å². The molecule has 1 aromatic carbocycles. The third kappa shape index (κ3) is 2.99. The fourth-order valence-electron chi connectivity index (χ4n) is 2.84. The molecular weight excluding hydrogens is 292 g/mol. The summed E-state index contributed by atoms with van der Waals surface area (Å²) in [4.78, 5) is 14.3. The number of β-amino-alcohol motifs (C(OH)–C–C–N with tert-alkyl or cyclic N) is 1. The standard InChI is InChI=1S/C17H22N4O2/c1-11-4-6-14(7-5-11)21-13(3)16(18-19-21)17(23)20-9-8-12(2)15(22)10-20/h4-7,12,15,22H,8-10H2,1-3H3. The first-order valence-corrected chi connectivity index (χ1v) is 7.94. The van der Waals surface area contributed by atoms with E-state index >= 15 is 0 Å². The summed E-state index contributed by atoms with van der Waals surface area (Å²) < 4.78 is 1.68. The number of hydrogen-bond acceptors (Lipinski definition) is 4. The summed E-state index contributed by atoms with van der Waals surface area (Å²) in [6.07, 6.45) is 0.332. The van der Waals surface area contributed by atoms with E-state index in [0.29, 0.717) is 24.5 Å². The Hall–Kier alpha value is -2.21. The molecular formula is C17H22N4O2. The quantitative estimate of drug-likeness (QED) is 0.916. The summed E-state index contributed by atoms with van der Waals surface area (Å²) in [5.74, 6) is 0.0650. The molecule has 0 bridgehead atoms. The Bertz CT molecular complexity index is 708. The predicted molar refractivity (Wildman–Crippen MR) is 86.5 cm³/mol. The van der Waals surface area contributed by atoms with Crippen LogP contribution in [-0.2, 0) is 0 Å². The van der Waals surface area contributed by atoms with Gasteiger partial charge in [0.25, 0.3) is 5.91 Å². The number of aliphatic hydroxyl groups excluding tert-OH is 1. The van der Waals surface area contributed by atoms with Crippen LogP contribution < -0.4 is 0 Å². The summed E-state index contributed by atoms with van der Waals surface area (Å²) in [6.45, 7) is 6.88. The molecule has 2 atom stereocenters. The highest BCUT2D eigenvalue weighted by Gasteiger charge is 2.30. The van der Waals surface area contributed by atoms with Crippen LogP contribution in [0.25, 0.3) is 5.69 Å². The molecule has 0 spiro atoms. The molecule has 1 aliphatic rings. The van der Waals surface area contributed by atoms with Crippen LogP contribution in [-0.4, -0.2) is 50.1 Å². The van der Waals surface area contributed by atoms with Crippen LogP contribution in [0.5, 0.6) is 0 Å². The highest BCUT2D eigenvalue weighted by molar-refractivity contribution is 5.93. The van der Waals surface area contributed by atoms with E-state index in [4.69, 9.17) is 0 Å². The van der Waals surface area contributed by atoms with Crippen LogP contribution >= 0.6 is 0 Å². The molecule has 6 nitrogen and oxygen atoms in total. The minimum atomic E-state index is -0.472. The topological polar surface area (TPSA) is 71.2 Å². The van der Waals surface area contributed by atoms with Crippen LogP contribution in [0.4, 0.5) is 0 Å². The second-order valence-electron chi connectivity index (χ2n) is 6.36. The molecule has 1 fully saturated rings. The highest BCUT2D eigenvalue weighted by Crippen LogP contribution is 2.20. The fraction of sp³-hybridized carbons (Fsp3) is 0.471. The predicted octanol–water partition coefficient (Wildman–Crippen LogP) is 1.73. The second-order valence-corrected chi connectivity index (χ2v) is 6.36. The van der Waals surface area contributed by atoms with Gasteiger partial charge < -0.3 is 10.0 Å². The van der Waals surface area contributed by atoms with Crippen LogP contribution in [0.15, 0.2) is 24.3 Å². The Morgan fingerprint density at radius 3 is 2.61 bits per heavy atom. The Morgan fingerprint density at radius 1 is 1.26 bits per heavy atom. The third-order valence-corrected chi connectivity index (χ3v) is 4.58. The van der Waals surface area contributed by atoms with Gasteiger partial charge in [0, 0.05) is 13.1 Å². The van der Waals surface area contributed by atoms with Gasteiger partial charge in [0.15, 0.2) is 5.69 Å². The van der Waals surface area contributed by atoms with Crippen molar-refractivity contribution in [3.05, 3.63) is 41.2 Å². The van der Waals surface area contributed by atoms with Crippen molar-refractivity contribution >= 4 is 5.91 Å². The summed E-state index contributed by atoms with van der Waals surface area (Å²) in [5, 5.41) is 18.2. The average molecular weight is 314 g/mol. The number of amides is 1. The van der Waals surface area contributed by atoms with Gasteiger partial charge in [-0.1, -0.05) is 29.8 Å². The van der Waals surface area contributed by atoms with E-state index in [1.165, 1.54) is 5.56 Å². The van der Waals surface area contributed by atoms with E-state index < -0.39 is 6.10 Å². The molecule has 0 saturated carbocycles. The number of carbonyl (C=O) groups excluding carboxylic acids is 1. The van der Waals surface area contributed by atoms with Crippen molar-refractivity contribution in [1.29, 1.82) is 0 Å². The minimum Gasteiger partial charge on any atom is -0.391 e. The van der Waals surface area contributed by atoms with Crippen molar-refractivity contribution in [2.45, 2.75) is 33.3 Å². The van der Waals surface area contributed by atoms with Crippen LogP contribution in [0.3, 0.4) is 0 Å². The normalized spacial score (nSPS) is 21.5. The maximum atomic E-state index is 12.7. The molecule has 23 heavy (non-hydrogen) atoms. The monoisotopic (exact) mass is 314 g/mol. The number of nitrogens with zero attached hydrogens (tertiary/aromatic N) is 4. The number of benzene rings is 1. The molecule has 2 unspecified atom stereocenters. The van der Waals surface area contributed by atoms with Gasteiger partial charge in [-0.3, -0.25) is 4.79 Å². The number of aryl methyl sites for hydroxylation is 1. The Labute approximate surface area is 135 Å². The molecule has 3 rings (SSSR count). The SMILES string of the molecule is Cc1ccc(-n2nnc(C(=O)N3CCC(C)C(O)C3)c2C)cc1. The van der Waals surface area contributed by atoms with Crippen LogP contribution in [0.2, 0.25) is 0 Å². The molecule has 1 aliphatic heterocycles. The summed E-state index contributed by atoms with van der Waals surface area (Å²) in [7, 11) is 0. The lowest BCUT2D eigenvalue weighted by Crippen LogP contribution is -2.46. The largest absolute Gasteiger partial charge is 0.391 e. The van der Waals surface area contributed by atoms with Crippen LogP contribution in [0, 0.1) is 19.8 Å². The molecule has 1 saturated heterocycles. The van der Waals surface area contributed by atoms with Gasteiger partial charge in [0.2, 0.25) is 0 Å². The zero-order valence-corrected chi connectivity index (χ0v) is 13.7. The molecule has 6 heteroatoms. The van der Waals surface area contributed by atoms with E-state index in [-0.39, 0.29) is 11.8 Å². The Balaban J connectivity index is 1.84. The van der Waals surface area contributed by atoms with Crippen molar-refractivity contribution in [3.8, 4) is 5.69 Å². The molecule has 0 aliphatic carbocycles. The lowest BCUT2D eigenvalue weighted by atomic mass is 9.96. The van der Waals surface area contributed by atoms with E-state index in [2.05, 4.69) is 10.3 Å². The Kier molecular flexibility index (Phi) is 4.17. The first-order chi connectivity index (χ1) is 11.0. The van der Waals surface area contributed by atoms with E-state index in [0.717, 1.165) is 12.1 Å². The van der Waals surface area contributed by atoms with Crippen molar-refractivity contribution in [3.63, 3.8) is 0 Å². The van der Waals surface area contributed by atoms with E-state index in [1.807, 2.05) is 45.0 Å². The highest BCUT2D eigenvalue weighted by atomic mass is 16.3. The number of rotatable bonds is 2. The number of piperidine rings is 1. The summed E-state index contributed by atoms with van der Waals surface area (Å²) in [5.41, 5.74) is 3.12. The Morgan fingerprint density at radius 2 is 1.96 bits per heavy atom. The number of likely N-dealkylation sites (tertiary alicyclic amines) is 1. The maximum absolute atomic E-state index is 12.7.